The lowest BCUT2D eigenvalue weighted by molar-refractivity contribution is -0.164. The summed E-state index contributed by atoms with van der Waals surface area (Å²) in [4.78, 5) is 47.5. The van der Waals surface area contributed by atoms with Crippen LogP contribution in [0.15, 0.2) is 158 Å². The molecule has 3 heterocycles. The highest BCUT2D eigenvalue weighted by Crippen LogP contribution is 2.64. The molecule has 1 amide bonds. The van der Waals surface area contributed by atoms with Gasteiger partial charge < -0.3 is 19.7 Å². The molecule has 0 aliphatic carbocycles. The van der Waals surface area contributed by atoms with Crippen molar-refractivity contribution in [1.82, 2.24) is 5.32 Å². The molecular weight excluding hydrogens is 695 g/mol. The van der Waals surface area contributed by atoms with Crippen LogP contribution in [0.4, 0.5) is 28.4 Å². The molecule has 6 aromatic carbocycles. The summed E-state index contributed by atoms with van der Waals surface area (Å²) < 4.78 is 11.6. The Hall–Kier alpha value is -6.58. The van der Waals surface area contributed by atoms with Crippen LogP contribution in [0.25, 0.3) is 11.1 Å². The summed E-state index contributed by atoms with van der Waals surface area (Å²) in [5.41, 5.74) is 3.26. The first kappa shape index (κ1) is 33.3. The number of amides is 1. The predicted molar refractivity (Wildman–Crippen MR) is 211 cm³/mol. The number of anilines is 5. The molecule has 3 aliphatic rings. The van der Waals surface area contributed by atoms with Crippen LogP contribution in [0.3, 0.4) is 0 Å². The van der Waals surface area contributed by atoms with Crippen molar-refractivity contribution >= 4 is 63.5 Å². The topological polar surface area (TPSA) is 88.2 Å². The molecule has 1 saturated heterocycles. The van der Waals surface area contributed by atoms with E-state index in [1.54, 1.807) is 17.9 Å². The van der Waals surface area contributed by atoms with Crippen LogP contribution in [0, 0.1) is 5.41 Å². The van der Waals surface area contributed by atoms with Gasteiger partial charge in [0.2, 0.25) is 5.41 Å². The first-order chi connectivity index (χ1) is 26.4. The Morgan fingerprint density at radius 3 is 1.98 bits per heavy atom. The number of rotatable bonds is 7. The van der Waals surface area contributed by atoms with Crippen LogP contribution in [-0.4, -0.2) is 29.4 Å². The van der Waals surface area contributed by atoms with E-state index in [1.165, 1.54) is 0 Å². The Bertz CT molecular complexity index is 2420. The lowest BCUT2D eigenvalue weighted by atomic mass is 9.63. The van der Waals surface area contributed by atoms with Crippen LogP contribution < -0.4 is 19.9 Å². The van der Waals surface area contributed by atoms with Gasteiger partial charge in [0, 0.05) is 33.9 Å². The minimum Gasteiger partial charge on any atom is -0.465 e. The molecule has 3 aliphatic heterocycles. The predicted octanol–water partition coefficient (Wildman–Crippen LogP) is 8.88. The Kier molecular flexibility index (Phi) is 7.90. The van der Waals surface area contributed by atoms with Gasteiger partial charge in [-0.05, 0) is 84.8 Å². The molecule has 54 heavy (non-hydrogen) atoms. The number of nitrogens with zero attached hydrogens (tertiary/aromatic N) is 2. The molecule has 0 radical (unpaired) electrons. The Morgan fingerprint density at radius 1 is 0.759 bits per heavy atom. The zero-order valence-corrected chi connectivity index (χ0v) is 30.0. The Morgan fingerprint density at radius 2 is 1.33 bits per heavy atom. The Labute approximate surface area is 317 Å². The number of carbonyl (C=O) groups is 3. The van der Waals surface area contributed by atoms with Crippen LogP contribution in [0.1, 0.15) is 24.0 Å². The zero-order valence-electron chi connectivity index (χ0n) is 29.1. The van der Waals surface area contributed by atoms with E-state index in [0.29, 0.717) is 22.5 Å². The van der Waals surface area contributed by atoms with Crippen molar-refractivity contribution in [2.45, 2.75) is 18.4 Å². The normalized spacial score (nSPS) is 20.8. The van der Waals surface area contributed by atoms with Crippen molar-refractivity contribution in [3.8, 4) is 16.9 Å². The fourth-order valence-corrected chi connectivity index (χ4v) is 8.73. The van der Waals surface area contributed by atoms with E-state index >= 15 is 4.79 Å². The summed E-state index contributed by atoms with van der Waals surface area (Å²) in [5.74, 6) is -3.00. The number of esters is 2. The molecule has 1 N–H and O–H groups in total. The second-order valence-corrected chi connectivity index (χ2v) is 13.8. The molecule has 8 nitrogen and oxygen atoms in total. The first-order valence-electron chi connectivity index (χ1n) is 17.8. The van der Waals surface area contributed by atoms with Gasteiger partial charge in [-0.2, -0.15) is 0 Å². The molecular formula is C45H33N3O5S. The number of carbonyl (C=O) groups excluding carboxylic acids is 3. The molecule has 3 atom stereocenters. The molecule has 1 spiro atoms. The molecule has 0 unspecified atom stereocenters. The van der Waals surface area contributed by atoms with Crippen LogP contribution in [0.5, 0.6) is 5.75 Å². The highest BCUT2D eigenvalue weighted by atomic mass is 32.1. The summed E-state index contributed by atoms with van der Waals surface area (Å²) >= 11 is 5.93. The van der Waals surface area contributed by atoms with Gasteiger partial charge in [0.15, 0.2) is 5.54 Å². The summed E-state index contributed by atoms with van der Waals surface area (Å²) in [6, 6.07) is 50.7. The quantitative estimate of drug-likeness (QED) is 0.0756. The number of hydrogen-bond donors (Lipinski definition) is 1. The second-order valence-electron chi connectivity index (χ2n) is 13.4. The van der Waals surface area contributed by atoms with E-state index < -0.39 is 28.8 Å². The lowest BCUT2D eigenvalue weighted by Gasteiger charge is -2.39. The molecule has 0 aromatic heterocycles. The SMILES string of the molecule is CCOC(=O)[C@]12C(=O)Oc3ccc(-c4ccc(N(c5ccccc5)c5ccccc5)cc4)cc3[C@H]1[C@]1(NC2=S)C(=O)N(c2ccccc2)c2ccccc21. The number of nitrogens with one attached hydrogen (secondary N) is 1. The molecule has 0 saturated carbocycles. The third-order valence-corrected chi connectivity index (χ3v) is 11.0. The van der Waals surface area contributed by atoms with Gasteiger partial charge in [-0.15, -0.1) is 0 Å². The summed E-state index contributed by atoms with van der Waals surface area (Å²) in [6.45, 7) is 1.66. The first-order valence-corrected chi connectivity index (χ1v) is 18.2. The maximum atomic E-state index is 15.2. The average molecular weight is 728 g/mol. The highest BCUT2D eigenvalue weighted by Gasteiger charge is 2.77. The minimum absolute atomic E-state index is 0.000896. The molecule has 9 rings (SSSR count). The summed E-state index contributed by atoms with van der Waals surface area (Å²) in [7, 11) is 0. The standard InChI is InChI=1S/C45H33N3O5S/c1-2-52-42(50)44-39(45(46-40(44)54)36-20-12-13-21-37(36)48(41(45)49)33-18-10-5-11-19-33)35-28-30(24-27-38(35)53-43(44)51)29-22-25-34(26-23-29)47(31-14-6-3-7-15-31)32-16-8-4-9-17-32/h3-28,39H,2H2,1H3,(H,46,54)/t39-,44+,45+/m1/s1. The third-order valence-electron chi connectivity index (χ3n) is 10.6. The number of benzene rings is 6. The van der Waals surface area contributed by atoms with Crippen molar-refractivity contribution in [3.05, 3.63) is 169 Å². The van der Waals surface area contributed by atoms with Crippen LogP contribution >= 0.6 is 12.2 Å². The van der Waals surface area contributed by atoms with Crippen molar-refractivity contribution in [3.63, 3.8) is 0 Å². The Balaban J connectivity index is 1.21. The number of fused-ring (bicyclic) bond motifs is 6. The lowest BCUT2D eigenvalue weighted by Crippen LogP contribution is -2.55. The molecule has 0 bridgehead atoms. The zero-order chi connectivity index (χ0) is 37.0. The number of ether oxygens (including phenoxy) is 2. The van der Waals surface area contributed by atoms with Crippen molar-refractivity contribution in [2.75, 3.05) is 16.4 Å². The maximum Gasteiger partial charge on any atom is 0.336 e. The molecule has 9 heteroatoms. The number of hydrogen-bond acceptors (Lipinski definition) is 7. The third kappa shape index (κ3) is 4.75. The monoisotopic (exact) mass is 727 g/mol. The van der Waals surface area contributed by atoms with Crippen LogP contribution in [0.2, 0.25) is 0 Å². The summed E-state index contributed by atoms with van der Waals surface area (Å²) in [6.07, 6.45) is 0. The van der Waals surface area contributed by atoms with E-state index in [0.717, 1.165) is 28.2 Å². The number of thiocarbonyl (C=S) groups is 1. The van der Waals surface area contributed by atoms with E-state index in [-0.39, 0.29) is 23.3 Å². The van der Waals surface area contributed by atoms with Crippen LogP contribution in [-0.2, 0) is 24.7 Å². The largest absolute Gasteiger partial charge is 0.465 e. The van der Waals surface area contributed by atoms with Gasteiger partial charge in [0.05, 0.1) is 18.2 Å². The maximum absolute atomic E-state index is 15.2. The number of para-hydroxylation sites is 4. The van der Waals surface area contributed by atoms with Gasteiger partial charge in [-0.25, -0.2) is 4.79 Å². The average Bonchev–Trinajstić information content (AvgIpc) is 3.64. The van der Waals surface area contributed by atoms with E-state index in [1.807, 2.05) is 115 Å². The van der Waals surface area contributed by atoms with Gasteiger partial charge in [0.1, 0.15) is 10.7 Å². The van der Waals surface area contributed by atoms with Crippen molar-refractivity contribution < 1.29 is 23.9 Å². The van der Waals surface area contributed by atoms with E-state index in [2.05, 4.69) is 46.6 Å². The van der Waals surface area contributed by atoms with E-state index in [4.69, 9.17) is 21.7 Å². The fraction of sp³-hybridized carbons (Fsp3) is 0.111. The molecule has 1 fully saturated rings. The van der Waals surface area contributed by atoms with Crippen molar-refractivity contribution in [2.24, 2.45) is 5.41 Å². The second kappa shape index (κ2) is 12.8. The smallest absolute Gasteiger partial charge is 0.336 e. The van der Waals surface area contributed by atoms with E-state index in [9.17, 15) is 9.59 Å². The van der Waals surface area contributed by atoms with Gasteiger partial charge in [-0.1, -0.05) is 103 Å². The minimum atomic E-state index is -2.12. The molecule has 6 aromatic rings. The van der Waals surface area contributed by atoms with Gasteiger partial charge in [-0.3, -0.25) is 14.5 Å². The molecule has 264 valence electrons. The summed E-state index contributed by atoms with van der Waals surface area (Å²) in [5, 5.41) is 3.27. The fourth-order valence-electron chi connectivity index (χ4n) is 8.29. The van der Waals surface area contributed by atoms with Gasteiger partial charge >= 0.3 is 11.9 Å². The highest BCUT2D eigenvalue weighted by molar-refractivity contribution is 7.80. The van der Waals surface area contributed by atoms with Gasteiger partial charge in [0.25, 0.3) is 5.91 Å². The van der Waals surface area contributed by atoms with Crippen molar-refractivity contribution in [1.29, 1.82) is 0 Å².